The third kappa shape index (κ3) is 8.88. The largest absolute Gasteiger partial charge is 0.530 e. The Balaban J connectivity index is 1.37. The summed E-state index contributed by atoms with van der Waals surface area (Å²) in [5.41, 5.74) is -2.21. The van der Waals surface area contributed by atoms with E-state index in [2.05, 4.69) is 9.97 Å². The lowest BCUT2D eigenvalue weighted by molar-refractivity contribution is -0.150. The molecule has 50 heavy (non-hydrogen) atoms. The first-order valence-electron chi connectivity index (χ1n) is 15.2. The van der Waals surface area contributed by atoms with E-state index < -0.39 is 92.3 Å². The minimum absolute atomic E-state index is 0.0207. The van der Waals surface area contributed by atoms with Crippen LogP contribution in [0.2, 0.25) is 5.02 Å². The fraction of sp³-hybridized carbons (Fsp3) is 0.467. The van der Waals surface area contributed by atoms with Gasteiger partial charge in [-0.3, -0.25) is 47.3 Å². The molecule has 2 aliphatic rings. The van der Waals surface area contributed by atoms with Gasteiger partial charge in [-0.2, -0.15) is 0 Å². The molecule has 0 radical (unpaired) electrons. The van der Waals surface area contributed by atoms with E-state index in [1.54, 1.807) is 0 Å². The van der Waals surface area contributed by atoms with Crippen molar-refractivity contribution in [1.29, 1.82) is 0 Å². The Bertz CT molecular complexity index is 1910. The number of rotatable bonds is 12. The van der Waals surface area contributed by atoms with Crippen LogP contribution in [0.1, 0.15) is 50.3 Å². The van der Waals surface area contributed by atoms with E-state index in [1.165, 1.54) is 64.4 Å². The Hall–Kier alpha value is -4.32. The van der Waals surface area contributed by atoms with Crippen molar-refractivity contribution in [3.8, 4) is 5.75 Å². The van der Waals surface area contributed by atoms with Crippen LogP contribution < -0.4 is 27.0 Å². The summed E-state index contributed by atoms with van der Waals surface area (Å²) in [6, 6.07) is 5.76. The maximum atomic E-state index is 14.2. The Morgan fingerprint density at radius 3 is 1.62 bits per heavy atom. The SMILES string of the molecule is CC(=O)O[C@H]1C[C@H](n2cc(C)c(=O)[nH]c2=O)O[C@@H]1COP(=O)(OC[C@H]1O[C@@H](n2cc(C)c(=O)[nH]c2=O)C[C@@H]1OC(C)=O)Oc1ccc(Cl)cc1. The van der Waals surface area contributed by atoms with Crippen molar-refractivity contribution in [3.05, 3.63) is 94.5 Å². The minimum atomic E-state index is -4.63. The molecule has 2 aliphatic heterocycles. The fourth-order valence-corrected chi connectivity index (χ4v) is 6.71. The maximum absolute atomic E-state index is 14.2. The summed E-state index contributed by atoms with van der Waals surface area (Å²) in [6.07, 6.45) is -3.58. The zero-order valence-electron chi connectivity index (χ0n) is 27.2. The highest BCUT2D eigenvalue weighted by Crippen LogP contribution is 2.51. The summed E-state index contributed by atoms with van der Waals surface area (Å²) in [5.74, 6) is -1.29. The number of aromatic nitrogens is 4. The molecule has 4 heterocycles. The van der Waals surface area contributed by atoms with Crippen molar-refractivity contribution in [2.24, 2.45) is 0 Å². The van der Waals surface area contributed by atoms with Crippen LogP contribution in [0.4, 0.5) is 0 Å². The molecule has 0 amide bonds. The number of nitrogens with zero attached hydrogens (tertiary/aromatic N) is 2. The van der Waals surface area contributed by atoms with Gasteiger partial charge in [0.25, 0.3) is 11.1 Å². The highest BCUT2D eigenvalue weighted by molar-refractivity contribution is 7.48. The second-order valence-corrected chi connectivity index (χ2v) is 13.6. The third-order valence-corrected chi connectivity index (χ3v) is 9.35. The van der Waals surface area contributed by atoms with Crippen LogP contribution in [0, 0.1) is 13.8 Å². The molecule has 0 bridgehead atoms. The summed E-state index contributed by atoms with van der Waals surface area (Å²) in [7, 11) is -4.63. The zero-order valence-corrected chi connectivity index (χ0v) is 28.8. The van der Waals surface area contributed by atoms with Crippen LogP contribution in [-0.4, -0.2) is 68.7 Å². The number of H-pyrrole nitrogens is 2. The normalized spacial score (nSPS) is 23.5. The number of aryl methyl sites for hydroxylation is 2. The van der Waals surface area contributed by atoms with Crippen molar-refractivity contribution < 1.29 is 46.7 Å². The Kier molecular flexibility index (Phi) is 11.3. The van der Waals surface area contributed by atoms with Gasteiger partial charge in [-0.1, -0.05) is 11.6 Å². The summed E-state index contributed by atoms with van der Waals surface area (Å²) in [6.45, 7) is 4.27. The first-order valence-corrected chi connectivity index (χ1v) is 17.1. The first-order chi connectivity index (χ1) is 23.6. The molecule has 0 unspecified atom stereocenters. The molecule has 2 aromatic heterocycles. The van der Waals surface area contributed by atoms with Crippen LogP contribution >= 0.6 is 19.4 Å². The summed E-state index contributed by atoms with van der Waals surface area (Å²) in [4.78, 5) is 77.1. The standard InChI is InChI=1S/C30H34ClN4O14P/c1-15-11-34(29(40)32-27(15)38)25-9-21(45-17(3)36)23(47-25)13-43-50(42,49-20-7-5-19(31)6-8-20)44-14-24-22(46-18(4)37)10-26(48-24)35-12-16(2)28(39)33-30(35)41/h5-8,11-12,21-26H,9-10,13-14H2,1-4H3,(H,32,38,40)(H,33,39,41)/t21-,22-,23+,24+,25+,26+/m0/s1. The zero-order chi connectivity index (χ0) is 36.3. The number of esters is 2. The topological polar surface area (TPSA) is 226 Å². The molecule has 0 aliphatic carbocycles. The molecule has 0 saturated carbocycles. The van der Waals surface area contributed by atoms with Crippen molar-refractivity contribution in [2.75, 3.05) is 13.2 Å². The lowest BCUT2D eigenvalue weighted by Gasteiger charge is -2.24. The molecule has 270 valence electrons. The van der Waals surface area contributed by atoms with Crippen LogP contribution in [-0.2, 0) is 42.1 Å². The molecule has 1 aromatic carbocycles. The predicted octanol–water partition coefficient (Wildman–Crippen LogP) is 2.02. The predicted molar refractivity (Wildman–Crippen MR) is 172 cm³/mol. The number of hydrogen-bond acceptors (Lipinski definition) is 14. The molecule has 2 N–H and O–H groups in total. The van der Waals surface area contributed by atoms with Crippen LogP contribution in [0.5, 0.6) is 5.75 Å². The van der Waals surface area contributed by atoms with Crippen LogP contribution in [0.15, 0.2) is 55.8 Å². The van der Waals surface area contributed by atoms with Gasteiger partial charge in [0.15, 0.2) is 0 Å². The summed E-state index contributed by atoms with van der Waals surface area (Å²) < 4.78 is 56.3. The molecule has 5 rings (SSSR count). The lowest BCUT2D eigenvalue weighted by Crippen LogP contribution is -2.34. The van der Waals surface area contributed by atoms with Gasteiger partial charge in [0, 0.05) is 55.2 Å². The molecule has 2 fully saturated rings. The molecule has 20 heteroatoms. The van der Waals surface area contributed by atoms with E-state index in [4.69, 9.17) is 44.1 Å². The summed E-state index contributed by atoms with van der Waals surface area (Å²) in [5, 5.41) is 0.360. The number of carbonyl (C=O) groups is 2. The van der Waals surface area contributed by atoms with E-state index in [-0.39, 0.29) is 29.7 Å². The second-order valence-electron chi connectivity index (χ2n) is 11.6. The second kappa shape index (κ2) is 15.3. The molecule has 6 atom stereocenters. The van der Waals surface area contributed by atoms with Crippen LogP contribution in [0.25, 0.3) is 0 Å². The minimum Gasteiger partial charge on any atom is -0.460 e. The van der Waals surface area contributed by atoms with Gasteiger partial charge in [0.05, 0.1) is 13.2 Å². The fourth-order valence-electron chi connectivity index (χ4n) is 5.36. The number of phosphoric acid groups is 1. The average molecular weight is 741 g/mol. The number of aromatic amines is 2. The number of halogens is 1. The molecule has 2 saturated heterocycles. The van der Waals surface area contributed by atoms with E-state index in [0.717, 1.165) is 9.13 Å². The van der Waals surface area contributed by atoms with Crippen molar-refractivity contribution in [1.82, 2.24) is 19.1 Å². The Morgan fingerprint density at radius 1 is 0.800 bits per heavy atom. The molecule has 0 spiro atoms. The van der Waals surface area contributed by atoms with E-state index in [0.29, 0.717) is 5.02 Å². The first kappa shape index (κ1) is 36.9. The quantitative estimate of drug-likeness (QED) is 0.200. The molecular formula is C30H34ClN4O14P. The Morgan fingerprint density at radius 2 is 1.22 bits per heavy atom. The number of nitrogens with one attached hydrogen (secondary N) is 2. The number of carbonyl (C=O) groups excluding carboxylic acids is 2. The number of benzene rings is 1. The molecule has 18 nitrogen and oxygen atoms in total. The highest BCUT2D eigenvalue weighted by Gasteiger charge is 2.44. The smallest absolute Gasteiger partial charge is 0.460 e. The van der Waals surface area contributed by atoms with Gasteiger partial charge in [-0.15, -0.1) is 0 Å². The van der Waals surface area contributed by atoms with Gasteiger partial charge in [-0.25, -0.2) is 14.2 Å². The number of hydrogen-bond donors (Lipinski definition) is 2. The van der Waals surface area contributed by atoms with E-state index in [1.807, 2.05) is 0 Å². The monoisotopic (exact) mass is 740 g/mol. The van der Waals surface area contributed by atoms with Gasteiger partial charge < -0.3 is 23.5 Å². The highest BCUT2D eigenvalue weighted by atomic mass is 35.5. The van der Waals surface area contributed by atoms with Gasteiger partial charge >= 0.3 is 31.1 Å². The van der Waals surface area contributed by atoms with Crippen molar-refractivity contribution in [2.45, 2.75) is 77.4 Å². The van der Waals surface area contributed by atoms with Crippen molar-refractivity contribution in [3.63, 3.8) is 0 Å². The van der Waals surface area contributed by atoms with Gasteiger partial charge in [-0.05, 0) is 38.1 Å². The maximum Gasteiger partial charge on any atom is 0.530 e. The number of phosphoric ester groups is 1. The number of ether oxygens (including phenoxy) is 4. The third-order valence-electron chi connectivity index (χ3n) is 7.73. The van der Waals surface area contributed by atoms with E-state index >= 15 is 0 Å². The summed E-state index contributed by atoms with van der Waals surface area (Å²) >= 11 is 5.99. The van der Waals surface area contributed by atoms with E-state index in [9.17, 15) is 33.3 Å². The van der Waals surface area contributed by atoms with Crippen LogP contribution in [0.3, 0.4) is 0 Å². The molecular weight excluding hydrogens is 707 g/mol. The van der Waals surface area contributed by atoms with Crippen molar-refractivity contribution >= 4 is 31.4 Å². The Labute approximate surface area is 287 Å². The molecule has 3 aromatic rings. The average Bonchev–Trinajstić information content (AvgIpc) is 3.62. The van der Waals surface area contributed by atoms with Gasteiger partial charge in [0.2, 0.25) is 0 Å². The lowest BCUT2D eigenvalue weighted by atomic mass is 10.2. The van der Waals surface area contributed by atoms with Gasteiger partial charge in [0.1, 0.15) is 42.6 Å².